The second-order valence-corrected chi connectivity index (χ2v) is 5.36. The van der Waals surface area contributed by atoms with Gasteiger partial charge in [-0.1, -0.05) is 11.6 Å². The summed E-state index contributed by atoms with van der Waals surface area (Å²) in [5.41, 5.74) is 12.6. The lowest BCUT2D eigenvalue weighted by molar-refractivity contribution is 0.243. The van der Waals surface area contributed by atoms with Crippen molar-refractivity contribution in [2.24, 2.45) is 16.5 Å². The lowest BCUT2D eigenvalue weighted by Crippen LogP contribution is -2.53. The van der Waals surface area contributed by atoms with Gasteiger partial charge < -0.3 is 16.8 Å². The van der Waals surface area contributed by atoms with Gasteiger partial charge in [0.25, 0.3) is 0 Å². The minimum atomic E-state index is -0.303. The molecule has 0 saturated carbocycles. The van der Waals surface area contributed by atoms with Crippen molar-refractivity contribution in [2.45, 2.75) is 18.1 Å². The molecule has 5 N–H and O–H groups in total. The van der Waals surface area contributed by atoms with Crippen LogP contribution in [0.2, 0.25) is 0 Å². The van der Waals surface area contributed by atoms with Gasteiger partial charge >= 0.3 is 0 Å². The molecule has 1 radical (unpaired) electrons. The van der Waals surface area contributed by atoms with Gasteiger partial charge in [0.2, 0.25) is 0 Å². The molecule has 0 bridgehead atoms. The monoisotopic (exact) mass is 267 g/mol. The van der Waals surface area contributed by atoms with Crippen molar-refractivity contribution in [3.63, 3.8) is 0 Å². The van der Waals surface area contributed by atoms with E-state index in [9.17, 15) is 0 Å². The lowest BCUT2D eigenvalue weighted by Gasteiger charge is -2.32. The molecule has 0 aromatic heterocycles. The normalized spacial score (nSPS) is 35.3. The Morgan fingerprint density at radius 3 is 3.17 bits per heavy atom. The molecule has 3 aliphatic rings. The fourth-order valence-corrected chi connectivity index (χ4v) is 2.81. The quantitative estimate of drug-likeness (QED) is 0.612. The molecule has 2 atom stereocenters. The van der Waals surface area contributed by atoms with E-state index in [1.54, 1.807) is 12.5 Å². The summed E-state index contributed by atoms with van der Waals surface area (Å²) in [5, 5.41) is 8.04. The maximum atomic E-state index is 6.21. The first-order valence-corrected chi connectivity index (χ1v) is 6.33. The highest BCUT2D eigenvalue weighted by molar-refractivity contribution is 6.32. The average Bonchev–Trinajstić information content (AvgIpc) is 2.95. The third-order valence-electron chi connectivity index (χ3n) is 3.68. The smallest absolute Gasteiger partial charge is 0.161 e. The molecular formula is C11H16ClN6. The molecule has 0 aliphatic carbocycles. The second-order valence-electron chi connectivity index (χ2n) is 4.96. The Labute approximate surface area is 111 Å². The van der Waals surface area contributed by atoms with Crippen LogP contribution in [0.3, 0.4) is 0 Å². The zero-order valence-electron chi connectivity index (χ0n) is 9.93. The summed E-state index contributed by atoms with van der Waals surface area (Å²) in [7, 11) is 0. The number of halogens is 1. The second kappa shape index (κ2) is 4.24. The van der Waals surface area contributed by atoms with E-state index in [0.717, 1.165) is 25.1 Å². The van der Waals surface area contributed by atoms with E-state index >= 15 is 0 Å². The first kappa shape index (κ1) is 12.0. The van der Waals surface area contributed by atoms with Crippen LogP contribution >= 0.6 is 11.6 Å². The molecule has 1 fully saturated rings. The summed E-state index contributed by atoms with van der Waals surface area (Å²) in [6.07, 6.45) is 4.18. The van der Waals surface area contributed by atoms with Gasteiger partial charge in [-0.25, -0.2) is 10.3 Å². The fraction of sp³-hybridized carbons (Fsp3) is 0.545. The first-order valence-electron chi connectivity index (χ1n) is 5.96. The van der Waals surface area contributed by atoms with Gasteiger partial charge in [-0.15, -0.1) is 0 Å². The van der Waals surface area contributed by atoms with Gasteiger partial charge in [0, 0.05) is 31.4 Å². The predicted molar refractivity (Wildman–Crippen MR) is 70.7 cm³/mol. The van der Waals surface area contributed by atoms with Crippen LogP contribution in [0.1, 0.15) is 6.42 Å². The van der Waals surface area contributed by atoms with E-state index in [0.29, 0.717) is 17.4 Å². The van der Waals surface area contributed by atoms with Crippen molar-refractivity contribution in [3.05, 3.63) is 22.6 Å². The maximum absolute atomic E-state index is 6.21. The fourth-order valence-electron chi connectivity index (χ4n) is 2.58. The number of rotatable bonds is 2. The summed E-state index contributed by atoms with van der Waals surface area (Å²) < 4.78 is 0. The number of nitrogens with zero attached hydrogens (tertiary/aromatic N) is 3. The topological polar surface area (TPSA) is 93.8 Å². The van der Waals surface area contributed by atoms with Crippen LogP contribution in [0, 0.1) is 0 Å². The minimum absolute atomic E-state index is 0.00975. The Hall–Kier alpha value is -1.08. The first-order chi connectivity index (χ1) is 8.63. The van der Waals surface area contributed by atoms with Gasteiger partial charge in [0.1, 0.15) is 6.17 Å². The van der Waals surface area contributed by atoms with Gasteiger partial charge in [0.15, 0.2) is 5.82 Å². The Morgan fingerprint density at radius 1 is 1.61 bits per heavy atom. The Bertz CT molecular complexity index is 456. The van der Waals surface area contributed by atoms with Crippen molar-refractivity contribution in [1.82, 2.24) is 15.5 Å². The summed E-state index contributed by atoms with van der Waals surface area (Å²) in [4.78, 5) is 6.42. The van der Waals surface area contributed by atoms with Crippen molar-refractivity contribution < 1.29 is 0 Å². The largest absolute Gasteiger partial charge is 0.356 e. The molecule has 97 valence electrons. The Kier molecular flexibility index (Phi) is 2.82. The van der Waals surface area contributed by atoms with Gasteiger partial charge in [-0.2, -0.15) is 0 Å². The highest BCUT2D eigenvalue weighted by atomic mass is 35.5. The van der Waals surface area contributed by atoms with Crippen LogP contribution in [0.15, 0.2) is 27.6 Å². The van der Waals surface area contributed by atoms with Crippen LogP contribution in [-0.2, 0) is 0 Å². The van der Waals surface area contributed by atoms with Crippen molar-refractivity contribution >= 4 is 17.9 Å². The molecule has 6 nitrogen and oxygen atoms in total. The highest BCUT2D eigenvalue weighted by Gasteiger charge is 2.40. The van der Waals surface area contributed by atoms with E-state index in [1.807, 2.05) is 0 Å². The summed E-state index contributed by atoms with van der Waals surface area (Å²) in [6.45, 7) is 2.13. The van der Waals surface area contributed by atoms with E-state index < -0.39 is 0 Å². The number of nitrogens with two attached hydrogens (primary N) is 2. The lowest BCUT2D eigenvalue weighted by atomic mass is 10.0. The number of nitrogens with one attached hydrogen (secondary N) is 1. The van der Waals surface area contributed by atoms with Crippen molar-refractivity contribution in [2.75, 3.05) is 19.6 Å². The number of hydrogen-bond donors (Lipinski definition) is 3. The molecule has 0 unspecified atom stereocenters. The molecule has 0 aromatic rings. The van der Waals surface area contributed by atoms with E-state index in [-0.39, 0.29) is 11.7 Å². The van der Waals surface area contributed by atoms with Crippen LogP contribution in [0.4, 0.5) is 0 Å². The predicted octanol–water partition coefficient (Wildman–Crippen LogP) is -0.784. The van der Waals surface area contributed by atoms with E-state index in [4.69, 9.17) is 23.1 Å². The molecule has 3 rings (SSSR count). The van der Waals surface area contributed by atoms with Crippen LogP contribution < -0.4 is 22.1 Å². The SMILES string of the molecule is NC[C@@]1(N)CCN([C@@H]2NC=NC3=C2C(Cl)=C[N]3)C1. The molecular weight excluding hydrogens is 252 g/mol. The van der Waals surface area contributed by atoms with Crippen LogP contribution in [-0.4, -0.2) is 42.6 Å². The Morgan fingerprint density at radius 2 is 2.44 bits per heavy atom. The number of hydrogen-bond acceptors (Lipinski definition) is 5. The molecule has 0 amide bonds. The molecule has 3 heterocycles. The standard InChI is InChI=1S/C11H16ClN6/c12-7-3-15-9-8(7)10(17-6-16-9)18-2-1-11(14,4-13)5-18/h3,6,10H,1-2,4-5,13-14H2,(H,16,17)/t10-,11-/m0/s1. The van der Waals surface area contributed by atoms with Gasteiger partial charge in [-0.3, -0.25) is 4.90 Å². The number of likely N-dealkylation sites (tertiary alicyclic amines) is 1. The molecule has 0 aromatic carbocycles. The molecule has 7 heteroatoms. The minimum Gasteiger partial charge on any atom is -0.356 e. The van der Waals surface area contributed by atoms with E-state index in [1.165, 1.54) is 0 Å². The molecule has 1 saturated heterocycles. The number of aliphatic imine (C=N–C) groups is 1. The van der Waals surface area contributed by atoms with Gasteiger partial charge in [-0.05, 0) is 6.42 Å². The molecule has 3 aliphatic heterocycles. The zero-order valence-corrected chi connectivity index (χ0v) is 10.7. The summed E-state index contributed by atoms with van der Waals surface area (Å²) in [5.74, 6) is 0.686. The third-order valence-corrected chi connectivity index (χ3v) is 3.98. The van der Waals surface area contributed by atoms with Gasteiger partial charge in [0.05, 0.1) is 16.9 Å². The Balaban J connectivity index is 1.82. The van der Waals surface area contributed by atoms with Crippen LogP contribution in [0.25, 0.3) is 0 Å². The van der Waals surface area contributed by atoms with Crippen LogP contribution in [0.5, 0.6) is 0 Å². The molecule has 0 spiro atoms. The van der Waals surface area contributed by atoms with E-state index in [2.05, 4.69) is 20.5 Å². The highest BCUT2D eigenvalue weighted by Crippen LogP contribution is 2.32. The van der Waals surface area contributed by atoms with Crippen molar-refractivity contribution in [3.8, 4) is 0 Å². The summed E-state index contributed by atoms with van der Waals surface area (Å²) >= 11 is 6.18. The summed E-state index contributed by atoms with van der Waals surface area (Å²) in [6, 6.07) is 0. The zero-order chi connectivity index (χ0) is 12.8. The maximum Gasteiger partial charge on any atom is 0.161 e. The third kappa shape index (κ3) is 1.81. The average molecular weight is 268 g/mol. The van der Waals surface area contributed by atoms with Crippen molar-refractivity contribution in [1.29, 1.82) is 0 Å². The molecule has 18 heavy (non-hydrogen) atoms.